The lowest BCUT2D eigenvalue weighted by Crippen LogP contribution is -2.23. The van der Waals surface area contributed by atoms with Gasteiger partial charge in [-0.25, -0.2) is 9.97 Å². The Morgan fingerprint density at radius 2 is 1.89 bits per heavy atom. The zero-order valence-electron chi connectivity index (χ0n) is 14.8. The first-order chi connectivity index (χ1) is 13.7. The number of anilines is 1. The third-order valence-corrected chi connectivity index (χ3v) is 4.72. The number of imidazole rings is 1. The predicted octanol–water partition coefficient (Wildman–Crippen LogP) is 2.94. The molecule has 7 heteroatoms. The van der Waals surface area contributed by atoms with Gasteiger partial charge in [-0.15, -0.1) is 0 Å². The average molecular weight is 368 g/mol. The Bertz CT molecular complexity index is 1350. The summed E-state index contributed by atoms with van der Waals surface area (Å²) in [7, 11) is 0. The average Bonchev–Trinajstić information content (AvgIpc) is 3.19. The van der Waals surface area contributed by atoms with E-state index in [1.54, 1.807) is 16.8 Å². The van der Waals surface area contributed by atoms with Gasteiger partial charge in [0, 0.05) is 29.7 Å². The normalized spacial score (nSPS) is 11.3. The number of amides is 1. The highest BCUT2D eigenvalue weighted by Crippen LogP contribution is 2.21. The molecule has 5 aromatic rings. The minimum atomic E-state index is -0.278. The zero-order chi connectivity index (χ0) is 19.1. The second-order valence-electron chi connectivity index (χ2n) is 6.48. The number of hydrogen-bond donors (Lipinski definition) is 2. The van der Waals surface area contributed by atoms with Crippen molar-refractivity contribution in [3.05, 3.63) is 78.2 Å². The molecule has 0 saturated heterocycles. The number of carbonyl (C=O) groups excluding carboxylic acids is 1. The Labute approximate surface area is 159 Å². The van der Waals surface area contributed by atoms with Gasteiger partial charge in [0.05, 0.1) is 11.0 Å². The third-order valence-electron chi connectivity index (χ3n) is 4.72. The number of aromatic nitrogens is 4. The summed E-state index contributed by atoms with van der Waals surface area (Å²) < 4.78 is 1.64. The molecule has 3 N–H and O–H groups in total. The quantitative estimate of drug-likeness (QED) is 0.510. The summed E-state index contributed by atoms with van der Waals surface area (Å²) in [5.74, 6) is 0.0126. The summed E-state index contributed by atoms with van der Waals surface area (Å²) in [5.41, 5.74) is 9.50. The van der Waals surface area contributed by atoms with Crippen LogP contribution < -0.4 is 11.1 Å². The number of benzene rings is 2. The van der Waals surface area contributed by atoms with Crippen molar-refractivity contribution >= 4 is 39.3 Å². The summed E-state index contributed by atoms with van der Waals surface area (Å²) >= 11 is 0. The molecule has 28 heavy (non-hydrogen) atoms. The number of para-hydroxylation sites is 2. The number of carbonyl (C=O) groups is 1. The summed E-state index contributed by atoms with van der Waals surface area (Å²) in [6.07, 6.45) is 3.36. The van der Waals surface area contributed by atoms with Gasteiger partial charge < -0.3 is 11.1 Å². The lowest BCUT2D eigenvalue weighted by molar-refractivity contribution is 0.0946. The van der Waals surface area contributed by atoms with Crippen LogP contribution in [-0.4, -0.2) is 25.3 Å². The van der Waals surface area contributed by atoms with E-state index in [0.717, 1.165) is 27.4 Å². The number of nitrogens with one attached hydrogen (secondary N) is 1. The molecule has 3 heterocycles. The van der Waals surface area contributed by atoms with Crippen LogP contribution in [0.1, 0.15) is 16.1 Å². The van der Waals surface area contributed by atoms with Crippen molar-refractivity contribution in [3.8, 4) is 0 Å². The van der Waals surface area contributed by atoms with Gasteiger partial charge in [0.25, 0.3) is 5.91 Å². The van der Waals surface area contributed by atoms with E-state index < -0.39 is 0 Å². The maximum absolute atomic E-state index is 12.7. The first-order valence-corrected chi connectivity index (χ1v) is 8.85. The first-order valence-electron chi connectivity index (χ1n) is 8.85. The van der Waals surface area contributed by atoms with Crippen LogP contribution in [0.3, 0.4) is 0 Å². The second kappa shape index (κ2) is 6.31. The van der Waals surface area contributed by atoms with Crippen molar-refractivity contribution in [1.82, 2.24) is 24.7 Å². The van der Waals surface area contributed by atoms with Crippen LogP contribution in [0.4, 0.5) is 5.95 Å². The second-order valence-corrected chi connectivity index (χ2v) is 6.48. The summed E-state index contributed by atoms with van der Waals surface area (Å²) in [6.45, 7) is 0.357. The number of hydrogen-bond acceptors (Lipinski definition) is 5. The van der Waals surface area contributed by atoms with E-state index in [2.05, 4.69) is 20.3 Å². The Hall–Kier alpha value is -4.00. The van der Waals surface area contributed by atoms with Crippen molar-refractivity contribution in [2.75, 3.05) is 5.73 Å². The number of nitrogen functional groups attached to an aromatic ring is 1. The van der Waals surface area contributed by atoms with E-state index >= 15 is 0 Å². The van der Waals surface area contributed by atoms with Gasteiger partial charge in [-0.3, -0.25) is 14.2 Å². The number of nitrogens with two attached hydrogens (primary N) is 1. The Kier molecular flexibility index (Phi) is 3.65. The van der Waals surface area contributed by atoms with Gasteiger partial charge in [0.15, 0.2) is 0 Å². The zero-order valence-corrected chi connectivity index (χ0v) is 14.8. The molecule has 0 saturated carbocycles. The molecule has 0 bridgehead atoms. The minimum Gasteiger partial charge on any atom is -0.369 e. The van der Waals surface area contributed by atoms with Crippen LogP contribution in [-0.2, 0) is 6.54 Å². The van der Waals surface area contributed by atoms with Crippen molar-refractivity contribution in [2.45, 2.75) is 6.54 Å². The fourth-order valence-electron chi connectivity index (χ4n) is 3.37. The summed E-state index contributed by atoms with van der Waals surface area (Å²) in [5, 5.41) is 4.80. The molecular formula is C21H16N6O. The molecule has 0 atom stereocenters. The van der Waals surface area contributed by atoms with Crippen molar-refractivity contribution in [2.24, 2.45) is 0 Å². The molecule has 3 aromatic heterocycles. The fourth-order valence-corrected chi connectivity index (χ4v) is 3.37. The molecule has 1 amide bonds. The van der Waals surface area contributed by atoms with Gasteiger partial charge >= 0.3 is 0 Å². The Balaban J connectivity index is 1.47. The lowest BCUT2D eigenvalue weighted by Gasteiger charge is -2.06. The van der Waals surface area contributed by atoms with Crippen molar-refractivity contribution in [1.29, 1.82) is 0 Å². The van der Waals surface area contributed by atoms with Crippen LogP contribution in [0.2, 0.25) is 0 Å². The molecule has 0 aliphatic heterocycles. The van der Waals surface area contributed by atoms with Crippen LogP contribution in [0.15, 0.2) is 67.0 Å². The van der Waals surface area contributed by atoms with Gasteiger partial charge in [0.1, 0.15) is 11.3 Å². The monoisotopic (exact) mass is 368 g/mol. The van der Waals surface area contributed by atoms with E-state index in [9.17, 15) is 4.79 Å². The van der Waals surface area contributed by atoms with Gasteiger partial charge in [-0.05, 0) is 23.8 Å². The van der Waals surface area contributed by atoms with E-state index in [4.69, 9.17) is 5.73 Å². The number of nitrogens with zero attached hydrogens (tertiary/aromatic N) is 4. The standard InChI is InChI=1S/C21H16N6O/c22-21-26-16-9-2-1-8-15(16)19-25-17(12-27(19)21)20(28)24-11-14-6-3-5-13-7-4-10-23-18(13)14/h1-10,12H,11H2,(H2,22,26)(H,24,28). The van der Waals surface area contributed by atoms with Gasteiger partial charge in [0.2, 0.25) is 5.95 Å². The highest BCUT2D eigenvalue weighted by molar-refractivity contribution is 5.97. The number of rotatable bonds is 3. The van der Waals surface area contributed by atoms with Crippen LogP contribution in [0.25, 0.3) is 27.5 Å². The molecule has 0 radical (unpaired) electrons. The Morgan fingerprint density at radius 3 is 2.82 bits per heavy atom. The molecular weight excluding hydrogens is 352 g/mol. The van der Waals surface area contributed by atoms with Crippen LogP contribution in [0, 0.1) is 0 Å². The molecule has 0 aliphatic rings. The SMILES string of the molecule is Nc1nc2ccccc2c2nc(C(=O)NCc3cccc4cccnc34)cn12. The largest absolute Gasteiger partial charge is 0.369 e. The summed E-state index contributed by atoms with van der Waals surface area (Å²) in [4.78, 5) is 26.0. The highest BCUT2D eigenvalue weighted by Gasteiger charge is 2.15. The van der Waals surface area contributed by atoms with Gasteiger partial charge in [-0.1, -0.05) is 36.4 Å². The predicted molar refractivity (Wildman–Crippen MR) is 108 cm³/mol. The molecule has 0 fully saturated rings. The van der Waals surface area contributed by atoms with Crippen LogP contribution >= 0.6 is 0 Å². The minimum absolute atomic E-state index is 0.278. The molecule has 5 rings (SSSR count). The molecule has 0 unspecified atom stereocenters. The molecule has 2 aromatic carbocycles. The summed E-state index contributed by atoms with van der Waals surface area (Å²) in [6, 6.07) is 17.4. The maximum atomic E-state index is 12.7. The fraction of sp³-hybridized carbons (Fsp3) is 0.0476. The molecule has 0 spiro atoms. The molecule has 136 valence electrons. The van der Waals surface area contributed by atoms with Crippen LogP contribution in [0.5, 0.6) is 0 Å². The van der Waals surface area contributed by atoms with Crippen molar-refractivity contribution < 1.29 is 4.79 Å². The van der Waals surface area contributed by atoms with E-state index in [1.165, 1.54) is 0 Å². The lowest BCUT2D eigenvalue weighted by atomic mass is 10.1. The first kappa shape index (κ1) is 16.2. The van der Waals surface area contributed by atoms with Gasteiger partial charge in [-0.2, -0.15) is 0 Å². The smallest absolute Gasteiger partial charge is 0.271 e. The maximum Gasteiger partial charge on any atom is 0.271 e. The number of pyridine rings is 1. The van der Waals surface area contributed by atoms with E-state index in [0.29, 0.717) is 18.1 Å². The molecule has 0 aliphatic carbocycles. The third kappa shape index (κ3) is 2.61. The molecule has 7 nitrogen and oxygen atoms in total. The van der Waals surface area contributed by atoms with Crippen molar-refractivity contribution in [3.63, 3.8) is 0 Å². The highest BCUT2D eigenvalue weighted by atomic mass is 16.1. The number of fused-ring (bicyclic) bond motifs is 4. The van der Waals surface area contributed by atoms with E-state index in [1.807, 2.05) is 54.6 Å². The van der Waals surface area contributed by atoms with E-state index in [-0.39, 0.29) is 11.6 Å². The topological polar surface area (TPSA) is 98.2 Å². The Morgan fingerprint density at radius 1 is 1.04 bits per heavy atom.